The maximum absolute atomic E-state index is 10.2. The van der Waals surface area contributed by atoms with Gasteiger partial charge in [0.15, 0.2) is 0 Å². The van der Waals surface area contributed by atoms with Crippen LogP contribution in [0.5, 0.6) is 5.75 Å². The van der Waals surface area contributed by atoms with Gasteiger partial charge in [-0.05, 0) is 42.5 Å². The first-order valence-corrected chi connectivity index (χ1v) is 8.73. The first-order chi connectivity index (χ1) is 11.2. The molecule has 1 aromatic carbocycles. The fraction of sp³-hybridized carbons (Fsp3) is 0.667. The molecule has 0 aromatic heterocycles. The number of β-amino-alcohol motifs (C(OH)–C–C–N with tert-alkyl or cyclic N) is 2. The van der Waals surface area contributed by atoms with E-state index in [1.165, 1.54) is 24.0 Å². The Morgan fingerprint density at radius 2 is 1.78 bits per heavy atom. The van der Waals surface area contributed by atoms with Gasteiger partial charge in [0.2, 0.25) is 0 Å². The van der Waals surface area contributed by atoms with Gasteiger partial charge in [-0.2, -0.15) is 0 Å². The molecular weight excluding hydrogens is 292 g/mol. The van der Waals surface area contributed by atoms with Crippen molar-refractivity contribution in [2.45, 2.75) is 25.4 Å². The Bertz CT molecular complexity index is 501. The molecule has 1 aromatic rings. The number of rotatable bonds is 7. The lowest BCUT2D eigenvalue weighted by atomic mass is 10.1. The van der Waals surface area contributed by atoms with Gasteiger partial charge in [0, 0.05) is 39.3 Å². The molecule has 1 fully saturated rings. The van der Waals surface area contributed by atoms with Crippen LogP contribution < -0.4 is 4.74 Å². The van der Waals surface area contributed by atoms with Gasteiger partial charge >= 0.3 is 0 Å². The molecule has 1 heterocycles. The zero-order valence-electron chi connectivity index (χ0n) is 13.8. The maximum Gasteiger partial charge on any atom is 0.119 e. The molecular formula is C18H28N2O3. The zero-order valence-corrected chi connectivity index (χ0v) is 13.8. The van der Waals surface area contributed by atoms with Crippen LogP contribution in [0, 0.1) is 0 Å². The van der Waals surface area contributed by atoms with E-state index in [-0.39, 0.29) is 6.61 Å². The molecule has 0 saturated carbocycles. The summed E-state index contributed by atoms with van der Waals surface area (Å²) in [6.45, 7) is 5.76. The van der Waals surface area contributed by atoms with Gasteiger partial charge in [0.05, 0.1) is 6.61 Å². The van der Waals surface area contributed by atoms with Crippen LogP contribution in [0.4, 0.5) is 0 Å². The molecule has 0 spiro atoms. The second kappa shape index (κ2) is 8.11. The van der Waals surface area contributed by atoms with E-state index < -0.39 is 6.10 Å². The molecule has 0 bridgehead atoms. The second-order valence-corrected chi connectivity index (χ2v) is 6.61. The van der Waals surface area contributed by atoms with Gasteiger partial charge in [0.1, 0.15) is 18.5 Å². The molecule has 5 heteroatoms. The summed E-state index contributed by atoms with van der Waals surface area (Å²) in [4.78, 5) is 4.52. The Kier molecular flexibility index (Phi) is 5.89. The van der Waals surface area contributed by atoms with E-state index in [1.54, 1.807) is 0 Å². The van der Waals surface area contributed by atoms with Gasteiger partial charge in [-0.15, -0.1) is 0 Å². The van der Waals surface area contributed by atoms with E-state index in [9.17, 15) is 5.11 Å². The summed E-state index contributed by atoms with van der Waals surface area (Å²) in [5.41, 5.74) is 2.84. The molecule has 2 N–H and O–H groups in total. The van der Waals surface area contributed by atoms with Crippen LogP contribution >= 0.6 is 0 Å². The Morgan fingerprint density at radius 3 is 2.57 bits per heavy atom. The predicted molar refractivity (Wildman–Crippen MR) is 89.9 cm³/mol. The molecule has 0 amide bonds. The van der Waals surface area contributed by atoms with Crippen molar-refractivity contribution in [3.8, 4) is 5.75 Å². The van der Waals surface area contributed by atoms with E-state index >= 15 is 0 Å². The summed E-state index contributed by atoms with van der Waals surface area (Å²) in [6.07, 6.45) is 3.10. The maximum atomic E-state index is 10.2. The quantitative estimate of drug-likeness (QED) is 0.767. The molecule has 23 heavy (non-hydrogen) atoms. The number of aliphatic hydroxyl groups excluding tert-OH is 2. The molecule has 3 rings (SSSR count). The van der Waals surface area contributed by atoms with Gasteiger partial charge in [-0.3, -0.25) is 9.80 Å². The van der Waals surface area contributed by atoms with Crippen LogP contribution in [0.1, 0.15) is 17.5 Å². The first-order valence-electron chi connectivity index (χ1n) is 8.73. The van der Waals surface area contributed by atoms with Crippen molar-refractivity contribution in [2.24, 2.45) is 0 Å². The third kappa shape index (κ3) is 4.67. The molecule has 0 radical (unpaired) electrons. The van der Waals surface area contributed by atoms with E-state index in [0.29, 0.717) is 13.2 Å². The van der Waals surface area contributed by atoms with E-state index in [4.69, 9.17) is 9.84 Å². The van der Waals surface area contributed by atoms with Crippen LogP contribution in [0.25, 0.3) is 0 Å². The van der Waals surface area contributed by atoms with Gasteiger partial charge in [0.25, 0.3) is 0 Å². The lowest BCUT2D eigenvalue weighted by Crippen LogP contribution is -2.49. The zero-order chi connectivity index (χ0) is 16.1. The minimum Gasteiger partial charge on any atom is -0.491 e. The minimum atomic E-state index is -0.465. The molecule has 0 unspecified atom stereocenters. The normalized spacial score (nSPS) is 20.4. The van der Waals surface area contributed by atoms with E-state index in [2.05, 4.69) is 21.9 Å². The molecule has 1 atom stereocenters. The van der Waals surface area contributed by atoms with Crippen LogP contribution in [0.2, 0.25) is 0 Å². The number of piperazine rings is 1. The van der Waals surface area contributed by atoms with Crippen molar-refractivity contribution in [3.63, 3.8) is 0 Å². The van der Waals surface area contributed by atoms with Crippen LogP contribution in [-0.4, -0.2) is 78.6 Å². The van der Waals surface area contributed by atoms with Crippen molar-refractivity contribution in [1.29, 1.82) is 0 Å². The number of benzene rings is 1. The first kappa shape index (κ1) is 16.7. The smallest absolute Gasteiger partial charge is 0.119 e. The lowest BCUT2D eigenvalue weighted by Gasteiger charge is -2.35. The highest BCUT2D eigenvalue weighted by molar-refractivity contribution is 5.38. The van der Waals surface area contributed by atoms with Crippen molar-refractivity contribution in [3.05, 3.63) is 29.3 Å². The highest BCUT2D eigenvalue weighted by Gasteiger charge is 2.19. The average molecular weight is 320 g/mol. The molecule has 1 saturated heterocycles. The molecule has 5 nitrogen and oxygen atoms in total. The van der Waals surface area contributed by atoms with E-state index in [0.717, 1.165) is 44.9 Å². The van der Waals surface area contributed by atoms with Crippen LogP contribution in [0.3, 0.4) is 0 Å². The highest BCUT2D eigenvalue weighted by atomic mass is 16.5. The topological polar surface area (TPSA) is 56.2 Å². The molecule has 2 aliphatic rings. The second-order valence-electron chi connectivity index (χ2n) is 6.61. The molecule has 1 aliphatic carbocycles. The number of aryl methyl sites for hydroxylation is 2. The third-order valence-corrected chi connectivity index (χ3v) is 4.86. The van der Waals surface area contributed by atoms with E-state index in [1.807, 2.05) is 6.07 Å². The predicted octanol–water partition coefficient (Wildman–Crippen LogP) is 0.525. The monoisotopic (exact) mass is 320 g/mol. The standard InChI is InChI=1S/C18H28N2O3/c21-11-10-19-6-8-20(9-7-19)13-17(22)14-23-18-5-4-15-2-1-3-16(15)12-18/h4-5,12,17,21-22H,1-3,6-11,13-14H2/t17-/m1/s1. The number of nitrogens with zero attached hydrogens (tertiary/aromatic N) is 2. The summed E-state index contributed by atoms with van der Waals surface area (Å²) in [6, 6.07) is 6.30. The number of ether oxygens (including phenoxy) is 1. The fourth-order valence-electron chi connectivity index (χ4n) is 3.52. The highest BCUT2D eigenvalue weighted by Crippen LogP contribution is 2.26. The summed E-state index contributed by atoms with van der Waals surface area (Å²) in [5.74, 6) is 0.873. The summed E-state index contributed by atoms with van der Waals surface area (Å²) < 4.78 is 5.77. The lowest BCUT2D eigenvalue weighted by molar-refractivity contribution is 0.0428. The number of hydrogen-bond donors (Lipinski definition) is 2. The number of hydrogen-bond acceptors (Lipinski definition) is 5. The fourth-order valence-corrected chi connectivity index (χ4v) is 3.52. The summed E-state index contributed by atoms with van der Waals surface area (Å²) >= 11 is 0. The largest absolute Gasteiger partial charge is 0.491 e. The van der Waals surface area contributed by atoms with Gasteiger partial charge in [-0.25, -0.2) is 0 Å². The molecule has 1 aliphatic heterocycles. The minimum absolute atomic E-state index is 0.219. The van der Waals surface area contributed by atoms with Crippen LogP contribution in [0.15, 0.2) is 18.2 Å². The summed E-state index contributed by atoms with van der Waals surface area (Å²) in [5, 5.41) is 19.2. The summed E-state index contributed by atoms with van der Waals surface area (Å²) in [7, 11) is 0. The number of fused-ring (bicyclic) bond motifs is 1. The average Bonchev–Trinajstić information content (AvgIpc) is 3.03. The molecule has 128 valence electrons. The van der Waals surface area contributed by atoms with Gasteiger partial charge < -0.3 is 14.9 Å². The third-order valence-electron chi connectivity index (χ3n) is 4.86. The Hall–Kier alpha value is -1.14. The van der Waals surface area contributed by atoms with Crippen molar-refractivity contribution in [2.75, 3.05) is 52.5 Å². The Labute approximate surface area is 138 Å². The Morgan fingerprint density at radius 1 is 1.04 bits per heavy atom. The Balaban J connectivity index is 1.39. The van der Waals surface area contributed by atoms with Crippen molar-refractivity contribution in [1.82, 2.24) is 9.80 Å². The number of aliphatic hydroxyl groups is 2. The van der Waals surface area contributed by atoms with Crippen LogP contribution in [-0.2, 0) is 12.8 Å². The van der Waals surface area contributed by atoms with Gasteiger partial charge in [-0.1, -0.05) is 6.07 Å². The SMILES string of the molecule is OCCN1CCN(C[C@@H](O)COc2ccc3c(c2)CCC3)CC1. The van der Waals surface area contributed by atoms with Crippen molar-refractivity contribution < 1.29 is 14.9 Å². The van der Waals surface area contributed by atoms with Crippen molar-refractivity contribution >= 4 is 0 Å².